The number of benzene rings is 1. The Morgan fingerprint density at radius 2 is 2.00 bits per heavy atom. The van der Waals surface area contributed by atoms with Crippen molar-refractivity contribution in [2.75, 3.05) is 13.6 Å². The highest BCUT2D eigenvalue weighted by Gasteiger charge is 2.12. The van der Waals surface area contributed by atoms with E-state index in [0.717, 1.165) is 37.3 Å². The van der Waals surface area contributed by atoms with Crippen LogP contribution in [-0.4, -0.2) is 24.6 Å². The van der Waals surface area contributed by atoms with Crippen LogP contribution in [0.3, 0.4) is 0 Å². The Hall–Kier alpha value is -1.70. The number of hydrogen-bond acceptors (Lipinski definition) is 2. The molecule has 0 saturated carbocycles. The molecule has 1 aromatic rings. The quantitative estimate of drug-likeness (QED) is 0.789. The van der Waals surface area contributed by atoms with E-state index in [-0.39, 0.29) is 6.10 Å². The summed E-state index contributed by atoms with van der Waals surface area (Å²) in [6, 6.07) is 6.33. The van der Waals surface area contributed by atoms with Gasteiger partial charge in [-0.15, -0.1) is 0 Å². The molecule has 20 heavy (non-hydrogen) atoms. The molecule has 0 heterocycles. The zero-order valence-electron chi connectivity index (χ0n) is 12.9. The van der Waals surface area contributed by atoms with Crippen molar-refractivity contribution in [3.63, 3.8) is 0 Å². The third kappa shape index (κ3) is 3.44. The topological polar surface area (TPSA) is 12.5 Å². The maximum absolute atomic E-state index is 6.03. The van der Waals surface area contributed by atoms with Crippen LogP contribution < -0.4 is 15.2 Å². The minimum atomic E-state index is -0.00262. The Bertz CT molecular complexity index is 588. The maximum atomic E-state index is 6.03. The van der Waals surface area contributed by atoms with E-state index in [1.165, 1.54) is 10.4 Å². The second kappa shape index (κ2) is 6.65. The molecule has 0 aliphatic heterocycles. The van der Waals surface area contributed by atoms with Crippen molar-refractivity contribution < 1.29 is 4.74 Å². The third-order valence-electron chi connectivity index (χ3n) is 3.78. The fraction of sp³-hybridized carbons (Fsp3) is 0.444. The SMILES string of the molecule is C=C(C(C)Oc1ccc2c(c1)=CCCC=2)N(C)CCC. The van der Waals surface area contributed by atoms with Gasteiger partial charge in [0.05, 0.1) is 0 Å². The van der Waals surface area contributed by atoms with E-state index in [2.05, 4.69) is 62.7 Å². The molecular formula is C18H25NO. The highest BCUT2D eigenvalue weighted by Crippen LogP contribution is 2.14. The fourth-order valence-corrected chi connectivity index (χ4v) is 2.53. The summed E-state index contributed by atoms with van der Waals surface area (Å²) in [5.41, 5.74) is 1.03. The van der Waals surface area contributed by atoms with Gasteiger partial charge in [0.15, 0.2) is 0 Å². The van der Waals surface area contributed by atoms with E-state index in [4.69, 9.17) is 4.74 Å². The summed E-state index contributed by atoms with van der Waals surface area (Å²) in [6.45, 7) is 9.39. The summed E-state index contributed by atoms with van der Waals surface area (Å²) in [4.78, 5) is 2.17. The Labute approximate surface area is 122 Å². The van der Waals surface area contributed by atoms with E-state index in [0.29, 0.717) is 0 Å². The molecule has 1 aromatic carbocycles. The molecular weight excluding hydrogens is 246 g/mol. The van der Waals surface area contributed by atoms with Crippen LogP contribution in [-0.2, 0) is 0 Å². The summed E-state index contributed by atoms with van der Waals surface area (Å²) in [5.74, 6) is 0.925. The van der Waals surface area contributed by atoms with Crippen molar-refractivity contribution in [1.82, 2.24) is 4.90 Å². The molecule has 108 valence electrons. The predicted molar refractivity (Wildman–Crippen MR) is 86.0 cm³/mol. The van der Waals surface area contributed by atoms with Gasteiger partial charge in [0.2, 0.25) is 0 Å². The molecule has 0 bridgehead atoms. The molecule has 2 rings (SSSR count). The average molecular weight is 271 g/mol. The maximum Gasteiger partial charge on any atom is 0.135 e. The highest BCUT2D eigenvalue weighted by atomic mass is 16.5. The number of fused-ring (bicyclic) bond motifs is 1. The van der Waals surface area contributed by atoms with Crippen molar-refractivity contribution in [2.45, 2.75) is 39.2 Å². The Morgan fingerprint density at radius 1 is 1.30 bits per heavy atom. The molecule has 0 aromatic heterocycles. The molecule has 1 aliphatic carbocycles. The standard InChI is InChI=1S/C18H25NO/c1-5-12-19(4)14(2)15(3)20-18-11-10-16-8-6-7-9-17(16)13-18/h8-11,13,15H,2,5-7,12H2,1,3-4H3. The first kappa shape index (κ1) is 14.7. The molecule has 2 heteroatoms. The summed E-state index contributed by atoms with van der Waals surface area (Å²) >= 11 is 0. The smallest absolute Gasteiger partial charge is 0.135 e. The lowest BCUT2D eigenvalue weighted by atomic mass is 10.1. The predicted octanol–water partition coefficient (Wildman–Crippen LogP) is 2.66. The van der Waals surface area contributed by atoms with Gasteiger partial charge in [0.25, 0.3) is 0 Å². The number of hydrogen-bond donors (Lipinski definition) is 0. The van der Waals surface area contributed by atoms with E-state index in [1.807, 2.05) is 0 Å². The van der Waals surface area contributed by atoms with Crippen molar-refractivity contribution >= 4 is 12.2 Å². The van der Waals surface area contributed by atoms with E-state index < -0.39 is 0 Å². The summed E-state index contributed by atoms with van der Waals surface area (Å²) < 4.78 is 6.03. The lowest BCUT2D eigenvalue weighted by Crippen LogP contribution is -2.30. The molecule has 0 amide bonds. The van der Waals surface area contributed by atoms with E-state index in [1.54, 1.807) is 0 Å². The van der Waals surface area contributed by atoms with Gasteiger partial charge in [-0.25, -0.2) is 0 Å². The number of ether oxygens (including phenoxy) is 1. The molecule has 0 spiro atoms. The second-order valence-electron chi connectivity index (χ2n) is 5.45. The zero-order valence-corrected chi connectivity index (χ0v) is 12.9. The largest absolute Gasteiger partial charge is 0.485 e. The molecule has 1 aliphatic rings. The first-order valence-electron chi connectivity index (χ1n) is 7.49. The van der Waals surface area contributed by atoms with Gasteiger partial charge >= 0.3 is 0 Å². The fourth-order valence-electron chi connectivity index (χ4n) is 2.53. The van der Waals surface area contributed by atoms with Gasteiger partial charge in [0.1, 0.15) is 11.9 Å². The minimum absolute atomic E-state index is 0.00262. The van der Waals surface area contributed by atoms with Crippen LogP contribution in [0.15, 0.2) is 30.5 Å². The lowest BCUT2D eigenvalue weighted by Gasteiger charge is -2.26. The molecule has 0 N–H and O–H groups in total. The van der Waals surface area contributed by atoms with Crippen molar-refractivity contribution in [3.05, 3.63) is 40.9 Å². The number of likely N-dealkylation sites (N-methyl/N-ethyl adjacent to an activating group) is 1. The van der Waals surface area contributed by atoms with Gasteiger partial charge in [-0.1, -0.05) is 31.7 Å². The highest BCUT2D eigenvalue weighted by molar-refractivity contribution is 5.41. The van der Waals surface area contributed by atoms with E-state index >= 15 is 0 Å². The molecule has 2 nitrogen and oxygen atoms in total. The first-order chi connectivity index (χ1) is 9.61. The third-order valence-corrected chi connectivity index (χ3v) is 3.78. The van der Waals surface area contributed by atoms with Crippen LogP contribution in [0.2, 0.25) is 0 Å². The van der Waals surface area contributed by atoms with Crippen LogP contribution in [0.5, 0.6) is 5.75 Å². The second-order valence-corrected chi connectivity index (χ2v) is 5.45. The first-order valence-corrected chi connectivity index (χ1v) is 7.49. The van der Waals surface area contributed by atoms with Gasteiger partial charge in [0, 0.05) is 19.3 Å². The minimum Gasteiger partial charge on any atom is -0.485 e. The van der Waals surface area contributed by atoms with Crippen LogP contribution >= 0.6 is 0 Å². The van der Waals surface area contributed by atoms with Crippen molar-refractivity contribution in [3.8, 4) is 5.75 Å². The van der Waals surface area contributed by atoms with Crippen LogP contribution in [0.4, 0.5) is 0 Å². The van der Waals surface area contributed by atoms with Gasteiger partial charge in [-0.05, 0) is 48.8 Å². The molecule has 0 fully saturated rings. The van der Waals surface area contributed by atoms with Crippen LogP contribution in [0.1, 0.15) is 33.1 Å². The van der Waals surface area contributed by atoms with Crippen molar-refractivity contribution in [1.29, 1.82) is 0 Å². The van der Waals surface area contributed by atoms with Crippen LogP contribution in [0.25, 0.3) is 12.2 Å². The molecule has 0 radical (unpaired) electrons. The van der Waals surface area contributed by atoms with Gasteiger partial charge in [-0.2, -0.15) is 0 Å². The van der Waals surface area contributed by atoms with E-state index in [9.17, 15) is 0 Å². The zero-order chi connectivity index (χ0) is 14.5. The Kier molecular flexibility index (Phi) is 4.89. The summed E-state index contributed by atoms with van der Waals surface area (Å²) in [7, 11) is 2.07. The monoisotopic (exact) mass is 271 g/mol. The van der Waals surface area contributed by atoms with Gasteiger partial charge < -0.3 is 9.64 Å². The Balaban J connectivity index is 2.09. The summed E-state index contributed by atoms with van der Waals surface area (Å²) in [6.07, 6.45) is 7.95. The number of nitrogens with zero attached hydrogens (tertiary/aromatic N) is 1. The van der Waals surface area contributed by atoms with Gasteiger partial charge in [-0.3, -0.25) is 0 Å². The molecule has 1 unspecified atom stereocenters. The van der Waals surface area contributed by atoms with Crippen LogP contribution in [0, 0.1) is 0 Å². The lowest BCUT2D eigenvalue weighted by molar-refractivity contribution is 0.212. The summed E-state index contributed by atoms with van der Waals surface area (Å²) in [5, 5.41) is 2.60. The normalized spacial score (nSPS) is 14.6. The Morgan fingerprint density at radius 3 is 2.70 bits per heavy atom. The average Bonchev–Trinajstić information content (AvgIpc) is 2.46. The molecule has 1 atom stereocenters. The van der Waals surface area contributed by atoms with Crippen molar-refractivity contribution in [2.24, 2.45) is 0 Å². The number of rotatable bonds is 6. The molecule has 0 saturated heterocycles.